The molecule has 1 amide bonds. The number of carbonyl (C=O) groups excluding carboxylic acids is 1. The summed E-state index contributed by atoms with van der Waals surface area (Å²) in [4.78, 5) is 15.5. The molecule has 3 rings (SSSR count). The van der Waals surface area contributed by atoms with Gasteiger partial charge in [0.2, 0.25) is 5.91 Å². The second kappa shape index (κ2) is 7.13. The number of anilines is 1. The summed E-state index contributed by atoms with van der Waals surface area (Å²) in [7, 11) is 0. The molecule has 0 atom stereocenters. The lowest BCUT2D eigenvalue weighted by Gasteiger charge is -2.36. The topological polar surface area (TPSA) is 23.6 Å². The lowest BCUT2D eigenvalue weighted by atomic mass is 10.1. The van der Waals surface area contributed by atoms with E-state index in [2.05, 4.69) is 0 Å². The van der Waals surface area contributed by atoms with Crippen molar-refractivity contribution in [1.29, 1.82) is 0 Å². The Bertz CT molecular complexity index is 771. The Morgan fingerprint density at radius 1 is 0.840 bits per heavy atom. The molecular weight excluding hydrogens is 336 g/mol. The number of benzene rings is 2. The van der Waals surface area contributed by atoms with E-state index < -0.39 is 17.5 Å². The van der Waals surface area contributed by atoms with Gasteiger partial charge in [-0.1, -0.05) is 12.1 Å². The molecule has 1 fully saturated rings. The summed E-state index contributed by atoms with van der Waals surface area (Å²) >= 11 is 0. The summed E-state index contributed by atoms with van der Waals surface area (Å²) in [6.45, 7) is 1.32. The van der Waals surface area contributed by atoms with Crippen molar-refractivity contribution in [3.63, 3.8) is 0 Å². The van der Waals surface area contributed by atoms with Crippen LogP contribution in [0.2, 0.25) is 0 Å². The van der Waals surface area contributed by atoms with Gasteiger partial charge < -0.3 is 9.80 Å². The largest absolute Gasteiger partial charge is 0.366 e. The predicted molar refractivity (Wildman–Crippen MR) is 85.2 cm³/mol. The molecule has 0 spiro atoms. The van der Waals surface area contributed by atoms with Crippen LogP contribution in [-0.2, 0) is 11.2 Å². The summed E-state index contributed by atoms with van der Waals surface area (Å²) < 4.78 is 53.1. The van der Waals surface area contributed by atoms with Gasteiger partial charge in [-0.25, -0.2) is 17.6 Å². The molecule has 0 radical (unpaired) electrons. The Hall–Kier alpha value is -2.57. The van der Waals surface area contributed by atoms with Crippen molar-refractivity contribution in [2.24, 2.45) is 0 Å². The van der Waals surface area contributed by atoms with Crippen molar-refractivity contribution in [2.75, 3.05) is 31.1 Å². The van der Waals surface area contributed by atoms with Gasteiger partial charge in [0.15, 0.2) is 17.5 Å². The van der Waals surface area contributed by atoms with E-state index in [9.17, 15) is 22.4 Å². The van der Waals surface area contributed by atoms with Gasteiger partial charge >= 0.3 is 0 Å². The average Bonchev–Trinajstić information content (AvgIpc) is 2.62. The molecule has 1 heterocycles. The van der Waals surface area contributed by atoms with Crippen LogP contribution in [-0.4, -0.2) is 37.0 Å². The summed E-state index contributed by atoms with van der Waals surface area (Å²) in [6, 6.07) is 7.79. The Balaban J connectivity index is 1.61. The first-order chi connectivity index (χ1) is 12.0. The summed E-state index contributed by atoms with van der Waals surface area (Å²) in [5.74, 6) is -4.41. The van der Waals surface area contributed by atoms with Crippen LogP contribution >= 0.6 is 0 Å². The molecular formula is C18H16F4N2O. The fraction of sp³-hybridized carbons (Fsp3) is 0.278. The number of rotatable bonds is 3. The summed E-state index contributed by atoms with van der Waals surface area (Å²) in [5.41, 5.74) is 0.699. The Kier molecular flexibility index (Phi) is 4.92. The van der Waals surface area contributed by atoms with E-state index in [4.69, 9.17) is 0 Å². The molecule has 1 aliphatic heterocycles. The first kappa shape index (κ1) is 17.3. The monoisotopic (exact) mass is 352 g/mol. The van der Waals surface area contributed by atoms with Crippen LogP contribution in [0.5, 0.6) is 0 Å². The molecule has 1 aliphatic rings. The van der Waals surface area contributed by atoms with Crippen LogP contribution in [0.3, 0.4) is 0 Å². The number of halogens is 4. The molecule has 3 nitrogen and oxygen atoms in total. The lowest BCUT2D eigenvalue weighted by Crippen LogP contribution is -2.49. The van der Waals surface area contributed by atoms with E-state index in [-0.39, 0.29) is 23.8 Å². The fourth-order valence-corrected chi connectivity index (χ4v) is 2.85. The number of piperazine rings is 1. The number of nitrogens with zero attached hydrogens (tertiary/aromatic N) is 2. The Labute approximate surface area is 142 Å². The third kappa shape index (κ3) is 3.75. The van der Waals surface area contributed by atoms with E-state index in [0.717, 1.165) is 6.07 Å². The van der Waals surface area contributed by atoms with Crippen LogP contribution in [0.4, 0.5) is 23.2 Å². The summed E-state index contributed by atoms with van der Waals surface area (Å²) in [5, 5.41) is 0. The van der Waals surface area contributed by atoms with Gasteiger partial charge in [-0.15, -0.1) is 0 Å². The smallest absolute Gasteiger partial charge is 0.227 e. The standard InChI is InChI=1S/C18H16F4N2O/c19-13-3-1-12(2-4-13)11-16(25)24-9-7-23(8-10-24)15-6-5-14(20)17(21)18(15)22/h1-6H,7-11H2. The Morgan fingerprint density at radius 2 is 1.48 bits per heavy atom. The minimum absolute atomic E-state index is 0.00969. The highest BCUT2D eigenvalue weighted by Crippen LogP contribution is 2.24. The van der Waals surface area contributed by atoms with E-state index in [0.29, 0.717) is 31.7 Å². The van der Waals surface area contributed by atoms with Gasteiger partial charge in [-0.3, -0.25) is 4.79 Å². The van der Waals surface area contributed by atoms with Crippen molar-refractivity contribution in [3.05, 3.63) is 65.2 Å². The van der Waals surface area contributed by atoms with Crippen LogP contribution in [0.1, 0.15) is 5.56 Å². The normalized spacial score (nSPS) is 14.7. The molecule has 25 heavy (non-hydrogen) atoms. The zero-order chi connectivity index (χ0) is 18.0. The third-order valence-electron chi connectivity index (χ3n) is 4.26. The first-order valence-electron chi connectivity index (χ1n) is 7.86. The number of amides is 1. The minimum atomic E-state index is -1.49. The maximum Gasteiger partial charge on any atom is 0.227 e. The van der Waals surface area contributed by atoms with Gasteiger partial charge in [0, 0.05) is 26.2 Å². The molecule has 0 unspecified atom stereocenters. The minimum Gasteiger partial charge on any atom is -0.366 e. The van der Waals surface area contributed by atoms with E-state index >= 15 is 0 Å². The highest BCUT2D eigenvalue weighted by molar-refractivity contribution is 5.79. The second-order valence-corrected chi connectivity index (χ2v) is 5.87. The van der Waals surface area contributed by atoms with Crippen LogP contribution in [0.25, 0.3) is 0 Å². The van der Waals surface area contributed by atoms with Gasteiger partial charge in [-0.05, 0) is 29.8 Å². The van der Waals surface area contributed by atoms with Crippen molar-refractivity contribution in [1.82, 2.24) is 4.90 Å². The predicted octanol–water partition coefficient (Wildman–Crippen LogP) is 3.13. The van der Waals surface area contributed by atoms with Crippen molar-refractivity contribution < 1.29 is 22.4 Å². The first-order valence-corrected chi connectivity index (χ1v) is 7.86. The number of carbonyl (C=O) groups is 1. The highest BCUT2D eigenvalue weighted by atomic mass is 19.2. The van der Waals surface area contributed by atoms with Gasteiger partial charge in [0.1, 0.15) is 5.82 Å². The van der Waals surface area contributed by atoms with E-state index in [1.165, 1.54) is 18.2 Å². The molecule has 0 aromatic heterocycles. The van der Waals surface area contributed by atoms with Crippen LogP contribution < -0.4 is 4.90 Å². The second-order valence-electron chi connectivity index (χ2n) is 5.87. The molecule has 0 saturated carbocycles. The van der Waals surface area contributed by atoms with Gasteiger partial charge in [0.25, 0.3) is 0 Å². The fourth-order valence-electron chi connectivity index (χ4n) is 2.85. The van der Waals surface area contributed by atoms with Crippen LogP contribution in [0.15, 0.2) is 36.4 Å². The van der Waals surface area contributed by atoms with Gasteiger partial charge in [0.05, 0.1) is 12.1 Å². The molecule has 0 N–H and O–H groups in total. The maximum atomic E-state index is 13.9. The summed E-state index contributed by atoms with van der Waals surface area (Å²) in [6.07, 6.45) is 0.153. The van der Waals surface area contributed by atoms with Crippen molar-refractivity contribution in [2.45, 2.75) is 6.42 Å². The van der Waals surface area contributed by atoms with Gasteiger partial charge in [-0.2, -0.15) is 0 Å². The molecule has 0 bridgehead atoms. The maximum absolute atomic E-state index is 13.9. The molecule has 7 heteroatoms. The third-order valence-corrected chi connectivity index (χ3v) is 4.26. The van der Waals surface area contributed by atoms with Crippen LogP contribution in [0, 0.1) is 23.3 Å². The molecule has 132 valence electrons. The van der Waals surface area contributed by atoms with Crippen molar-refractivity contribution in [3.8, 4) is 0 Å². The van der Waals surface area contributed by atoms with Crippen molar-refractivity contribution >= 4 is 11.6 Å². The molecule has 2 aromatic carbocycles. The molecule has 1 saturated heterocycles. The quantitative estimate of drug-likeness (QED) is 0.626. The van der Waals surface area contributed by atoms with E-state index in [1.54, 1.807) is 21.9 Å². The Morgan fingerprint density at radius 3 is 2.12 bits per heavy atom. The number of hydrogen-bond donors (Lipinski definition) is 0. The highest BCUT2D eigenvalue weighted by Gasteiger charge is 2.24. The zero-order valence-electron chi connectivity index (χ0n) is 13.3. The number of hydrogen-bond acceptors (Lipinski definition) is 2. The lowest BCUT2D eigenvalue weighted by molar-refractivity contribution is -0.130. The average molecular weight is 352 g/mol. The van der Waals surface area contributed by atoms with E-state index in [1.807, 2.05) is 0 Å². The SMILES string of the molecule is O=C(Cc1ccc(F)cc1)N1CCN(c2ccc(F)c(F)c2F)CC1. The zero-order valence-corrected chi connectivity index (χ0v) is 13.3. The molecule has 2 aromatic rings. The molecule has 0 aliphatic carbocycles.